The van der Waals surface area contributed by atoms with Crippen LogP contribution in [0.3, 0.4) is 0 Å². The molecular formula is C37H57NO5Si. The van der Waals surface area contributed by atoms with Crippen LogP contribution in [-0.4, -0.2) is 39.7 Å². The number of methoxy groups -OCH3 is 2. The van der Waals surface area contributed by atoms with Crippen LogP contribution < -0.4 is 18.7 Å². The minimum absolute atomic E-state index is 0.0337. The predicted octanol–water partition coefficient (Wildman–Crippen LogP) is 10.2. The monoisotopic (exact) mass is 623 g/mol. The van der Waals surface area contributed by atoms with Gasteiger partial charge in [0, 0.05) is 5.54 Å². The SMILES string of the molecule is COc1ccc(COCCC2=C(C3c4c(ccc(O[Si](C(C)C)(C(C)C)C(C)C)c4OC)ON3C(C)(C)C)CCCC2)cc1. The van der Waals surface area contributed by atoms with Crippen LogP contribution in [0.4, 0.5) is 0 Å². The number of nitrogens with zero attached hydrogens (tertiary/aromatic N) is 1. The van der Waals surface area contributed by atoms with Crippen LogP contribution >= 0.6 is 0 Å². The van der Waals surface area contributed by atoms with E-state index in [1.54, 1.807) is 14.2 Å². The lowest BCUT2D eigenvalue weighted by Crippen LogP contribution is -2.50. The van der Waals surface area contributed by atoms with E-state index in [9.17, 15) is 0 Å². The second-order valence-electron chi connectivity index (χ2n) is 14.4. The van der Waals surface area contributed by atoms with E-state index in [0.717, 1.165) is 53.4 Å². The van der Waals surface area contributed by atoms with E-state index in [0.29, 0.717) is 29.8 Å². The Labute approximate surface area is 268 Å². The summed E-state index contributed by atoms with van der Waals surface area (Å²) in [7, 11) is 1.27. The number of benzene rings is 2. The molecular weight excluding hydrogens is 566 g/mol. The Morgan fingerprint density at radius 1 is 0.864 bits per heavy atom. The molecule has 7 heteroatoms. The van der Waals surface area contributed by atoms with E-state index in [4.69, 9.17) is 23.5 Å². The summed E-state index contributed by atoms with van der Waals surface area (Å²) in [5.41, 5.74) is 6.37. The maximum absolute atomic E-state index is 7.25. The summed E-state index contributed by atoms with van der Waals surface area (Å²) in [6.07, 6.45) is 5.44. The lowest BCUT2D eigenvalue weighted by Gasteiger charge is -2.42. The lowest BCUT2D eigenvalue weighted by atomic mass is 9.82. The second kappa shape index (κ2) is 14.3. The topological polar surface area (TPSA) is 49.4 Å². The molecule has 0 spiro atoms. The molecule has 2 aromatic carbocycles. The maximum atomic E-state index is 7.25. The summed E-state index contributed by atoms with van der Waals surface area (Å²) in [5, 5.41) is 2.20. The highest BCUT2D eigenvalue weighted by molar-refractivity contribution is 6.78. The zero-order chi connectivity index (χ0) is 32.2. The van der Waals surface area contributed by atoms with E-state index < -0.39 is 8.32 Å². The fraction of sp³-hybridized carbons (Fsp3) is 0.622. The van der Waals surface area contributed by atoms with Crippen molar-refractivity contribution in [3.05, 3.63) is 58.7 Å². The minimum atomic E-state index is -2.20. The zero-order valence-corrected chi connectivity index (χ0v) is 30.2. The van der Waals surface area contributed by atoms with Crippen molar-refractivity contribution in [2.45, 2.75) is 129 Å². The fourth-order valence-electron chi connectivity index (χ4n) is 7.56. The van der Waals surface area contributed by atoms with Gasteiger partial charge in [0.1, 0.15) is 17.5 Å². The number of hydrogen-bond acceptors (Lipinski definition) is 6. The molecule has 1 aliphatic carbocycles. The fourth-order valence-corrected chi connectivity index (χ4v) is 12.8. The number of fused-ring (bicyclic) bond motifs is 1. The van der Waals surface area contributed by atoms with E-state index in [2.05, 4.69) is 91.6 Å². The standard InChI is InChI=1S/C37H57NO5Si/c1-25(2)44(26(3)4,27(5)6)43-33-21-20-32-34(36(33)40-11)35(38(42-32)37(7,8)9)31-15-13-12-14-29(31)22-23-41-24-28-16-18-30(39-10)19-17-28/h16-21,25-27,35H,12-15,22-24H2,1-11H3. The maximum Gasteiger partial charge on any atom is 0.258 e. The number of hydrogen-bond donors (Lipinski definition) is 0. The molecule has 2 aromatic rings. The first-order valence-corrected chi connectivity index (χ1v) is 18.8. The zero-order valence-electron chi connectivity index (χ0n) is 29.2. The first-order chi connectivity index (χ1) is 20.8. The van der Waals surface area contributed by atoms with Gasteiger partial charge in [-0.05, 0) is 105 Å². The van der Waals surface area contributed by atoms with Crippen molar-refractivity contribution in [2.24, 2.45) is 0 Å². The van der Waals surface area contributed by atoms with Crippen molar-refractivity contribution in [3.63, 3.8) is 0 Å². The van der Waals surface area contributed by atoms with Crippen LogP contribution in [0, 0.1) is 0 Å². The molecule has 1 aliphatic heterocycles. The Bertz CT molecular complexity index is 1260. The summed E-state index contributed by atoms with van der Waals surface area (Å²) in [6, 6.07) is 12.3. The van der Waals surface area contributed by atoms with Gasteiger partial charge in [0.15, 0.2) is 11.5 Å². The quantitative estimate of drug-likeness (QED) is 0.126. The summed E-state index contributed by atoms with van der Waals surface area (Å²) in [4.78, 5) is 6.69. The van der Waals surface area contributed by atoms with Gasteiger partial charge >= 0.3 is 0 Å². The van der Waals surface area contributed by atoms with Crippen molar-refractivity contribution >= 4 is 8.32 Å². The first kappa shape index (κ1) is 34.4. The predicted molar refractivity (Wildman–Crippen MR) is 182 cm³/mol. The van der Waals surface area contributed by atoms with Crippen LogP contribution in [0.15, 0.2) is 47.5 Å². The summed E-state index contributed by atoms with van der Waals surface area (Å²) in [5.74, 6) is 3.42. The minimum Gasteiger partial charge on any atom is -0.540 e. The van der Waals surface area contributed by atoms with Gasteiger partial charge < -0.3 is 23.5 Å². The normalized spacial score (nSPS) is 17.8. The highest BCUT2D eigenvalue weighted by atomic mass is 28.4. The van der Waals surface area contributed by atoms with Gasteiger partial charge in [-0.1, -0.05) is 59.2 Å². The van der Waals surface area contributed by atoms with E-state index in [1.165, 1.54) is 24.0 Å². The van der Waals surface area contributed by atoms with Crippen molar-refractivity contribution in [1.82, 2.24) is 5.06 Å². The Hall–Kier alpha value is -2.48. The van der Waals surface area contributed by atoms with Crippen molar-refractivity contribution in [2.75, 3.05) is 20.8 Å². The summed E-state index contributed by atoms with van der Waals surface area (Å²) < 4.78 is 25.0. The molecule has 0 saturated carbocycles. The molecule has 1 atom stereocenters. The van der Waals surface area contributed by atoms with Crippen LogP contribution in [0.5, 0.6) is 23.0 Å². The Morgan fingerprint density at radius 2 is 1.50 bits per heavy atom. The average Bonchev–Trinajstić information content (AvgIpc) is 3.38. The summed E-state index contributed by atoms with van der Waals surface area (Å²) in [6.45, 7) is 21.9. The van der Waals surface area contributed by atoms with E-state index >= 15 is 0 Å². The molecule has 0 fully saturated rings. The molecule has 244 valence electrons. The van der Waals surface area contributed by atoms with Crippen LogP contribution in [0.1, 0.15) is 112 Å². The second-order valence-corrected chi connectivity index (χ2v) is 19.8. The molecule has 0 amide bonds. The van der Waals surface area contributed by atoms with Crippen molar-refractivity contribution in [3.8, 4) is 23.0 Å². The van der Waals surface area contributed by atoms with Gasteiger partial charge in [-0.25, -0.2) is 0 Å². The molecule has 2 aliphatic rings. The van der Waals surface area contributed by atoms with Crippen molar-refractivity contribution < 1.29 is 23.5 Å². The molecule has 0 radical (unpaired) electrons. The molecule has 0 aromatic heterocycles. The molecule has 4 rings (SSSR count). The third-order valence-corrected chi connectivity index (χ3v) is 15.6. The van der Waals surface area contributed by atoms with Gasteiger partial charge in [-0.3, -0.25) is 0 Å². The first-order valence-electron chi connectivity index (χ1n) is 16.6. The van der Waals surface area contributed by atoms with E-state index in [1.807, 2.05) is 12.1 Å². The highest BCUT2D eigenvalue weighted by Crippen LogP contribution is 2.56. The van der Waals surface area contributed by atoms with Gasteiger partial charge in [-0.2, -0.15) is 0 Å². The highest BCUT2D eigenvalue weighted by Gasteiger charge is 2.49. The largest absolute Gasteiger partial charge is 0.540 e. The van der Waals surface area contributed by atoms with Crippen LogP contribution in [0.25, 0.3) is 0 Å². The average molecular weight is 624 g/mol. The number of hydroxylamine groups is 2. The molecule has 1 unspecified atom stereocenters. The van der Waals surface area contributed by atoms with E-state index in [-0.39, 0.29) is 11.6 Å². The number of rotatable bonds is 13. The van der Waals surface area contributed by atoms with Gasteiger partial charge in [-0.15, -0.1) is 5.06 Å². The molecule has 1 heterocycles. The third kappa shape index (κ3) is 7.00. The number of ether oxygens (including phenoxy) is 3. The van der Waals surface area contributed by atoms with Crippen LogP contribution in [0.2, 0.25) is 16.6 Å². The van der Waals surface area contributed by atoms with Gasteiger partial charge in [0.2, 0.25) is 0 Å². The van der Waals surface area contributed by atoms with Gasteiger partial charge in [0.05, 0.1) is 33.0 Å². The molecule has 0 bridgehead atoms. The Kier molecular flexibility index (Phi) is 11.2. The van der Waals surface area contributed by atoms with Gasteiger partial charge in [0.25, 0.3) is 8.32 Å². The molecule has 0 N–H and O–H groups in total. The Morgan fingerprint density at radius 3 is 2.07 bits per heavy atom. The van der Waals surface area contributed by atoms with Crippen molar-refractivity contribution in [1.29, 1.82) is 0 Å². The molecule has 0 saturated heterocycles. The third-order valence-electron chi connectivity index (χ3n) is 9.62. The van der Waals surface area contributed by atoms with Crippen LogP contribution in [-0.2, 0) is 11.3 Å². The molecule has 44 heavy (non-hydrogen) atoms. The molecule has 6 nitrogen and oxygen atoms in total. The Balaban J connectivity index is 1.70. The summed E-state index contributed by atoms with van der Waals surface area (Å²) >= 11 is 0. The lowest BCUT2D eigenvalue weighted by molar-refractivity contribution is -0.130. The smallest absolute Gasteiger partial charge is 0.258 e.